The summed E-state index contributed by atoms with van der Waals surface area (Å²) < 4.78 is 0.775. The van der Waals surface area contributed by atoms with Crippen LogP contribution in [0.5, 0.6) is 0 Å². The molecule has 2 heterocycles. The minimum atomic E-state index is -0.00719. The Morgan fingerprint density at radius 1 is 1.33 bits per heavy atom. The predicted octanol–water partition coefficient (Wildman–Crippen LogP) is 5.30. The summed E-state index contributed by atoms with van der Waals surface area (Å²) in [5.74, 6) is 0.0906. The Kier molecular flexibility index (Phi) is 5.47. The van der Waals surface area contributed by atoms with Crippen molar-refractivity contribution in [3.05, 3.63) is 43.7 Å². The second-order valence-electron chi connectivity index (χ2n) is 6.09. The van der Waals surface area contributed by atoms with E-state index in [-0.39, 0.29) is 17.4 Å². The van der Waals surface area contributed by atoms with E-state index >= 15 is 0 Å². The molecule has 2 nitrogen and oxygen atoms in total. The summed E-state index contributed by atoms with van der Waals surface area (Å²) in [5, 5.41) is 5.23. The monoisotopic (exact) mass is 341 g/mol. The predicted molar refractivity (Wildman–Crippen MR) is 92.3 cm³/mol. The van der Waals surface area contributed by atoms with E-state index in [2.05, 4.69) is 32.2 Å². The molecule has 21 heavy (non-hydrogen) atoms. The van der Waals surface area contributed by atoms with Crippen molar-refractivity contribution in [3.8, 4) is 0 Å². The van der Waals surface area contributed by atoms with Gasteiger partial charge >= 0.3 is 0 Å². The number of carbonyl (C=O) groups is 1. The van der Waals surface area contributed by atoms with Gasteiger partial charge in [-0.3, -0.25) is 4.79 Å². The molecule has 0 aliphatic carbocycles. The summed E-state index contributed by atoms with van der Waals surface area (Å²) in [6, 6.07) is 8.03. The van der Waals surface area contributed by atoms with Crippen LogP contribution in [0.15, 0.2) is 29.6 Å². The summed E-state index contributed by atoms with van der Waals surface area (Å²) in [6.45, 7) is 6.45. The van der Waals surface area contributed by atoms with Crippen LogP contribution in [0.2, 0.25) is 4.34 Å². The number of nitrogens with one attached hydrogen (secondary N) is 1. The molecule has 2 rings (SSSR count). The van der Waals surface area contributed by atoms with Gasteiger partial charge in [0.15, 0.2) is 0 Å². The van der Waals surface area contributed by atoms with E-state index < -0.39 is 0 Å². The number of amides is 1. The van der Waals surface area contributed by atoms with Gasteiger partial charge in [-0.1, -0.05) is 38.4 Å². The average Bonchev–Trinajstić information content (AvgIpc) is 3.03. The van der Waals surface area contributed by atoms with Gasteiger partial charge in [0.05, 0.1) is 10.4 Å². The Bertz CT molecular complexity index is 584. The molecule has 0 saturated heterocycles. The molecule has 1 unspecified atom stereocenters. The molecule has 0 bridgehead atoms. The minimum absolute atomic E-state index is 0.00719. The fourth-order valence-corrected chi connectivity index (χ4v) is 4.23. The SMILES string of the molecule is CC(C)(C)C(NC(=O)CCc1ccc(Cl)s1)c1cccs1. The third kappa shape index (κ3) is 4.83. The zero-order valence-corrected chi connectivity index (χ0v) is 14.9. The highest BCUT2D eigenvalue weighted by Gasteiger charge is 2.28. The number of carbonyl (C=O) groups excluding carboxylic acids is 1. The maximum absolute atomic E-state index is 12.2. The zero-order valence-electron chi connectivity index (χ0n) is 12.5. The van der Waals surface area contributed by atoms with Crippen LogP contribution in [0.4, 0.5) is 0 Å². The van der Waals surface area contributed by atoms with E-state index in [4.69, 9.17) is 11.6 Å². The highest BCUT2D eigenvalue weighted by molar-refractivity contribution is 7.16. The Morgan fingerprint density at radius 2 is 2.10 bits per heavy atom. The van der Waals surface area contributed by atoms with Gasteiger partial charge in [-0.15, -0.1) is 22.7 Å². The third-order valence-electron chi connectivity index (χ3n) is 3.23. The molecule has 0 radical (unpaired) electrons. The van der Waals surface area contributed by atoms with Crippen LogP contribution in [0, 0.1) is 5.41 Å². The molecule has 0 aliphatic heterocycles. The largest absolute Gasteiger partial charge is 0.348 e. The summed E-state index contributed by atoms with van der Waals surface area (Å²) in [4.78, 5) is 14.6. The molecule has 114 valence electrons. The number of halogens is 1. The topological polar surface area (TPSA) is 29.1 Å². The van der Waals surface area contributed by atoms with Crippen LogP contribution < -0.4 is 5.32 Å². The molecule has 0 aliphatic rings. The molecule has 1 atom stereocenters. The molecular formula is C16H20ClNOS2. The average molecular weight is 342 g/mol. The molecule has 2 aromatic heterocycles. The Labute approximate surface area is 139 Å². The van der Waals surface area contributed by atoms with Gasteiger partial charge in [-0.25, -0.2) is 0 Å². The van der Waals surface area contributed by atoms with Gasteiger partial charge in [0.2, 0.25) is 5.91 Å². The first kappa shape index (κ1) is 16.5. The van der Waals surface area contributed by atoms with Crippen molar-refractivity contribution in [1.82, 2.24) is 5.32 Å². The van der Waals surface area contributed by atoms with E-state index in [0.29, 0.717) is 6.42 Å². The normalized spacial score (nSPS) is 13.1. The Morgan fingerprint density at radius 3 is 2.62 bits per heavy atom. The quantitative estimate of drug-likeness (QED) is 0.785. The summed E-state index contributed by atoms with van der Waals surface area (Å²) in [5.41, 5.74) is -0.00719. The number of thiophene rings is 2. The number of aryl methyl sites for hydroxylation is 1. The van der Waals surface area contributed by atoms with Gasteiger partial charge in [0, 0.05) is 16.2 Å². The van der Waals surface area contributed by atoms with Crippen LogP contribution >= 0.6 is 34.3 Å². The lowest BCUT2D eigenvalue weighted by Gasteiger charge is -2.30. The van der Waals surface area contributed by atoms with Gasteiger partial charge in [-0.05, 0) is 35.4 Å². The Hall–Kier alpha value is -0.840. The summed E-state index contributed by atoms with van der Waals surface area (Å²) >= 11 is 9.13. The first-order valence-corrected chi connectivity index (χ1v) is 9.00. The van der Waals surface area contributed by atoms with Crippen LogP contribution in [-0.2, 0) is 11.2 Å². The maximum atomic E-state index is 12.2. The lowest BCUT2D eigenvalue weighted by atomic mass is 9.85. The Balaban J connectivity index is 1.95. The van der Waals surface area contributed by atoms with Crippen molar-refractivity contribution in [2.75, 3.05) is 0 Å². The van der Waals surface area contributed by atoms with E-state index in [1.807, 2.05) is 23.6 Å². The summed E-state index contributed by atoms with van der Waals surface area (Å²) in [6.07, 6.45) is 1.24. The van der Waals surface area contributed by atoms with Crippen molar-refractivity contribution >= 4 is 40.2 Å². The minimum Gasteiger partial charge on any atom is -0.348 e. The fourth-order valence-electron chi connectivity index (χ4n) is 2.13. The second-order valence-corrected chi connectivity index (χ2v) is 8.87. The maximum Gasteiger partial charge on any atom is 0.220 e. The molecule has 0 fully saturated rings. The first-order valence-electron chi connectivity index (χ1n) is 6.93. The molecule has 0 aromatic carbocycles. The lowest BCUT2D eigenvalue weighted by Crippen LogP contribution is -2.36. The van der Waals surface area contributed by atoms with Crippen molar-refractivity contribution in [2.45, 2.75) is 39.7 Å². The number of hydrogen-bond donors (Lipinski definition) is 1. The smallest absolute Gasteiger partial charge is 0.220 e. The molecule has 2 aromatic rings. The standard InChI is InChI=1S/C16H20ClNOS2/c1-16(2,3)15(12-5-4-10-20-12)18-14(19)9-7-11-6-8-13(17)21-11/h4-6,8,10,15H,7,9H2,1-3H3,(H,18,19). The van der Waals surface area contributed by atoms with Gasteiger partial charge < -0.3 is 5.32 Å². The molecule has 0 saturated carbocycles. The van der Waals surface area contributed by atoms with Crippen LogP contribution in [0.1, 0.15) is 43.0 Å². The van der Waals surface area contributed by atoms with Gasteiger partial charge in [-0.2, -0.15) is 0 Å². The van der Waals surface area contributed by atoms with Crippen molar-refractivity contribution in [1.29, 1.82) is 0 Å². The third-order valence-corrected chi connectivity index (χ3v) is 5.45. The highest BCUT2D eigenvalue weighted by Crippen LogP contribution is 2.35. The van der Waals surface area contributed by atoms with Crippen molar-refractivity contribution in [3.63, 3.8) is 0 Å². The molecule has 1 amide bonds. The van der Waals surface area contributed by atoms with Crippen molar-refractivity contribution in [2.24, 2.45) is 5.41 Å². The van der Waals surface area contributed by atoms with E-state index in [9.17, 15) is 4.79 Å². The highest BCUT2D eigenvalue weighted by atomic mass is 35.5. The van der Waals surface area contributed by atoms with Gasteiger partial charge in [0.25, 0.3) is 0 Å². The van der Waals surface area contributed by atoms with E-state index in [1.165, 1.54) is 16.2 Å². The zero-order chi connectivity index (χ0) is 15.5. The van der Waals surface area contributed by atoms with Crippen LogP contribution in [0.3, 0.4) is 0 Å². The summed E-state index contributed by atoms with van der Waals surface area (Å²) in [7, 11) is 0. The van der Waals surface area contributed by atoms with E-state index in [0.717, 1.165) is 15.6 Å². The van der Waals surface area contributed by atoms with Crippen LogP contribution in [-0.4, -0.2) is 5.91 Å². The van der Waals surface area contributed by atoms with Gasteiger partial charge in [0.1, 0.15) is 0 Å². The molecule has 0 spiro atoms. The van der Waals surface area contributed by atoms with Crippen molar-refractivity contribution < 1.29 is 4.79 Å². The number of hydrogen-bond acceptors (Lipinski definition) is 3. The first-order chi connectivity index (χ1) is 9.86. The molecule has 1 N–H and O–H groups in total. The lowest BCUT2D eigenvalue weighted by molar-refractivity contribution is -0.122. The second kappa shape index (κ2) is 6.95. The molecular weight excluding hydrogens is 322 g/mol. The number of rotatable bonds is 5. The van der Waals surface area contributed by atoms with Crippen LogP contribution in [0.25, 0.3) is 0 Å². The van der Waals surface area contributed by atoms with E-state index in [1.54, 1.807) is 11.3 Å². The fraction of sp³-hybridized carbons (Fsp3) is 0.438. The molecule has 5 heteroatoms.